The third-order valence-electron chi connectivity index (χ3n) is 6.14. The van der Waals surface area contributed by atoms with E-state index in [0.717, 1.165) is 30.8 Å². The molecule has 4 aliphatic carbocycles. The summed E-state index contributed by atoms with van der Waals surface area (Å²) < 4.78 is 2.42. The molecule has 5 rings (SSSR count). The first-order valence-electron chi connectivity index (χ1n) is 8.40. The van der Waals surface area contributed by atoms with Crippen LogP contribution in [0.2, 0.25) is 0 Å². The van der Waals surface area contributed by atoms with Crippen molar-refractivity contribution in [3.05, 3.63) is 18.2 Å². The average molecular weight is 273 g/mol. The molecule has 0 aromatic carbocycles. The van der Waals surface area contributed by atoms with E-state index in [1.807, 2.05) is 6.20 Å². The lowest BCUT2D eigenvalue weighted by Gasteiger charge is -2.56. The topological polar surface area (TPSA) is 43.8 Å². The molecule has 4 aliphatic rings. The molecule has 0 saturated heterocycles. The van der Waals surface area contributed by atoms with Crippen LogP contribution >= 0.6 is 0 Å². The smallest absolute Gasteiger partial charge is 0.114 e. The SMILES string of the molecule is CC(CN)Cn1ccnc1C12CC3CC(CC(C3)C1)C2. The van der Waals surface area contributed by atoms with E-state index in [4.69, 9.17) is 10.7 Å². The molecule has 1 aromatic rings. The van der Waals surface area contributed by atoms with Crippen LogP contribution in [0.1, 0.15) is 51.3 Å². The van der Waals surface area contributed by atoms with E-state index in [0.29, 0.717) is 11.3 Å². The minimum absolute atomic E-state index is 0.409. The molecule has 3 nitrogen and oxygen atoms in total. The summed E-state index contributed by atoms with van der Waals surface area (Å²) in [6, 6.07) is 0. The molecule has 3 heteroatoms. The largest absolute Gasteiger partial charge is 0.334 e. The Labute approximate surface area is 122 Å². The highest BCUT2D eigenvalue weighted by Crippen LogP contribution is 2.60. The van der Waals surface area contributed by atoms with E-state index in [1.54, 1.807) is 0 Å². The Kier molecular flexibility index (Phi) is 2.95. The molecule has 4 bridgehead atoms. The maximum atomic E-state index is 5.81. The molecule has 4 saturated carbocycles. The van der Waals surface area contributed by atoms with E-state index in [-0.39, 0.29) is 0 Å². The van der Waals surface area contributed by atoms with Crippen molar-refractivity contribution in [1.29, 1.82) is 0 Å². The van der Waals surface area contributed by atoms with E-state index < -0.39 is 0 Å². The first-order chi connectivity index (χ1) is 9.68. The summed E-state index contributed by atoms with van der Waals surface area (Å²) in [5.74, 6) is 4.88. The zero-order valence-electron chi connectivity index (χ0n) is 12.6. The summed E-state index contributed by atoms with van der Waals surface area (Å²) in [5, 5.41) is 0. The molecule has 1 unspecified atom stereocenters. The maximum absolute atomic E-state index is 5.81. The highest BCUT2D eigenvalue weighted by Gasteiger charge is 2.53. The van der Waals surface area contributed by atoms with E-state index in [2.05, 4.69) is 17.7 Å². The number of imidazole rings is 1. The Morgan fingerprint density at radius 1 is 1.25 bits per heavy atom. The molecular weight excluding hydrogens is 246 g/mol. The van der Waals surface area contributed by atoms with Gasteiger partial charge in [-0.05, 0) is 68.7 Å². The molecule has 110 valence electrons. The molecule has 0 aliphatic heterocycles. The van der Waals surface area contributed by atoms with Crippen LogP contribution in [-0.2, 0) is 12.0 Å². The quantitative estimate of drug-likeness (QED) is 0.916. The third kappa shape index (κ3) is 1.93. The standard InChI is InChI=1S/C17H27N3/c1-12(10-18)11-20-3-2-19-16(20)17-7-13-4-14(8-17)6-15(5-13)9-17/h2-3,12-15H,4-11,18H2,1H3. The van der Waals surface area contributed by atoms with Gasteiger partial charge in [0.2, 0.25) is 0 Å². The summed E-state index contributed by atoms with van der Waals surface area (Å²) >= 11 is 0. The van der Waals surface area contributed by atoms with Gasteiger partial charge in [0.15, 0.2) is 0 Å². The fourth-order valence-electron chi connectivity index (χ4n) is 5.71. The summed E-state index contributed by atoms with van der Waals surface area (Å²) in [7, 11) is 0. The Hall–Kier alpha value is -0.830. The number of hydrogen-bond acceptors (Lipinski definition) is 2. The number of nitrogens with zero attached hydrogens (tertiary/aromatic N) is 2. The summed E-state index contributed by atoms with van der Waals surface area (Å²) in [6.45, 7) is 4.04. The number of nitrogens with two attached hydrogens (primary N) is 1. The van der Waals surface area contributed by atoms with Gasteiger partial charge >= 0.3 is 0 Å². The zero-order chi connectivity index (χ0) is 13.7. The minimum atomic E-state index is 0.409. The summed E-state index contributed by atoms with van der Waals surface area (Å²) in [6.07, 6.45) is 12.9. The lowest BCUT2D eigenvalue weighted by molar-refractivity contribution is -0.0112. The Morgan fingerprint density at radius 2 is 1.85 bits per heavy atom. The fraction of sp³-hybridized carbons (Fsp3) is 0.824. The molecular formula is C17H27N3. The number of aromatic nitrogens is 2. The van der Waals surface area contributed by atoms with Crippen LogP contribution in [0.15, 0.2) is 12.4 Å². The van der Waals surface area contributed by atoms with Gasteiger partial charge in [-0.15, -0.1) is 0 Å². The lowest BCUT2D eigenvalue weighted by atomic mass is 9.49. The molecule has 0 amide bonds. The van der Waals surface area contributed by atoms with Crippen molar-refractivity contribution in [3.63, 3.8) is 0 Å². The van der Waals surface area contributed by atoms with Gasteiger partial charge in [-0.2, -0.15) is 0 Å². The van der Waals surface area contributed by atoms with Crippen LogP contribution in [0.4, 0.5) is 0 Å². The van der Waals surface area contributed by atoms with Crippen molar-refractivity contribution in [2.75, 3.05) is 6.54 Å². The summed E-state index contributed by atoms with van der Waals surface area (Å²) in [4.78, 5) is 4.82. The Balaban J connectivity index is 1.65. The van der Waals surface area contributed by atoms with Crippen LogP contribution in [0.5, 0.6) is 0 Å². The van der Waals surface area contributed by atoms with Crippen LogP contribution in [0.25, 0.3) is 0 Å². The van der Waals surface area contributed by atoms with Gasteiger partial charge < -0.3 is 10.3 Å². The van der Waals surface area contributed by atoms with E-state index in [1.165, 1.54) is 44.3 Å². The highest BCUT2D eigenvalue weighted by molar-refractivity contribution is 5.18. The third-order valence-corrected chi connectivity index (χ3v) is 6.14. The highest BCUT2D eigenvalue weighted by atomic mass is 15.1. The van der Waals surface area contributed by atoms with Crippen LogP contribution in [0, 0.1) is 23.7 Å². The van der Waals surface area contributed by atoms with Gasteiger partial charge in [0.25, 0.3) is 0 Å². The average Bonchev–Trinajstić information content (AvgIpc) is 2.86. The molecule has 20 heavy (non-hydrogen) atoms. The molecule has 1 atom stereocenters. The second-order valence-electron chi connectivity index (χ2n) is 7.94. The van der Waals surface area contributed by atoms with E-state index >= 15 is 0 Å². The van der Waals surface area contributed by atoms with Crippen molar-refractivity contribution in [2.24, 2.45) is 29.4 Å². The van der Waals surface area contributed by atoms with Gasteiger partial charge in [0.05, 0.1) is 0 Å². The predicted octanol–water partition coefficient (Wildman–Crippen LogP) is 2.95. The summed E-state index contributed by atoms with van der Waals surface area (Å²) in [5.41, 5.74) is 6.22. The van der Waals surface area contributed by atoms with Gasteiger partial charge in [0, 0.05) is 24.4 Å². The van der Waals surface area contributed by atoms with Crippen molar-refractivity contribution < 1.29 is 0 Å². The van der Waals surface area contributed by atoms with Crippen molar-refractivity contribution in [1.82, 2.24) is 9.55 Å². The lowest BCUT2D eigenvalue weighted by Crippen LogP contribution is -2.49. The normalized spacial score (nSPS) is 40.2. The first kappa shape index (κ1) is 12.9. The molecule has 2 N–H and O–H groups in total. The van der Waals surface area contributed by atoms with Gasteiger partial charge in [-0.3, -0.25) is 0 Å². The monoisotopic (exact) mass is 273 g/mol. The van der Waals surface area contributed by atoms with Crippen molar-refractivity contribution >= 4 is 0 Å². The Morgan fingerprint density at radius 3 is 2.40 bits per heavy atom. The van der Waals surface area contributed by atoms with Crippen LogP contribution < -0.4 is 5.73 Å². The molecule has 1 heterocycles. The van der Waals surface area contributed by atoms with Gasteiger partial charge in [-0.1, -0.05) is 6.92 Å². The van der Waals surface area contributed by atoms with Crippen LogP contribution in [0.3, 0.4) is 0 Å². The maximum Gasteiger partial charge on any atom is 0.114 e. The predicted molar refractivity (Wildman–Crippen MR) is 80.3 cm³/mol. The van der Waals surface area contributed by atoms with Crippen molar-refractivity contribution in [3.8, 4) is 0 Å². The van der Waals surface area contributed by atoms with Gasteiger partial charge in [-0.25, -0.2) is 4.98 Å². The van der Waals surface area contributed by atoms with Gasteiger partial charge in [0.1, 0.15) is 5.82 Å². The van der Waals surface area contributed by atoms with E-state index in [9.17, 15) is 0 Å². The Bertz CT molecular complexity index is 455. The molecule has 1 aromatic heterocycles. The van der Waals surface area contributed by atoms with Crippen LogP contribution in [-0.4, -0.2) is 16.1 Å². The number of hydrogen-bond donors (Lipinski definition) is 1. The van der Waals surface area contributed by atoms with Crippen molar-refractivity contribution in [2.45, 2.75) is 57.4 Å². The zero-order valence-corrected chi connectivity index (χ0v) is 12.6. The molecule has 0 spiro atoms. The molecule has 4 fully saturated rings. The number of rotatable bonds is 4. The molecule has 0 radical (unpaired) electrons. The second-order valence-corrected chi connectivity index (χ2v) is 7.94. The first-order valence-corrected chi connectivity index (χ1v) is 8.40. The minimum Gasteiger partial charge on any atom is -0.334 e. The second kappa shape index (κ2) is 4.59. The fourth-order valence-corrected chi connectivity index (χ4v) is 5.71.